The summed E-state index contributed by atoms with van der Waals surface area (Å²) in [5, 5.41) is 0. The molecule has 0 radical (unpaired) electrons. The lowest BCUT2D eigenvalue weighted by Crippen LogP contribution is -2.20. The lowest BCUT2D eigenvalue weighted by atomic mass is 10.1. The van der Waals surface area contributed by atoms with Crippen LogP contribution >= 0.6 is 7.60 Å². The lowest BCUT2D eigenvalue weighted by Gasteiger charge is -2.25. The highest BCUT2D eigenvalue weighted by atomic mass is 31.2. The van der Waals surface area contributed by atoms with Crippen molar-refractivity contribution in [3.05, 3.63) is 0 Å². The Kier molecular flexibility index (Phi) is 11.1. The van der Waals surface area contributed by atoms with Crippen molar-refractivity contribution in [2.24, 2.45) is 0 Å². The molecule has 0 rings (SSSR count). The fraction of sp³-hybridized carbons (Fsp3) is 0.929. The van der Waals surface area contributed by atoms with Crippen LogP contribution in [0.3, 0.4) is 0 Å². The highest BCUT2D eigenvalue weighted by Gasteiger charge is 2.37. The number of rotatable bonds is 12. The van der Waals surface area contributed by atoms with Crippen molar-refractivity contribution in [2.75, 3.05) is 13.2 Å². The van der Waals surface area contributed by atoms with Crippen LogP contribution in [-0.2, 0) is 23.1 Å². The van der Waals surface area contributed by atoms with Gasteiger partial charge in [-0.15, -0.1) is 0 Å². The lowest BCUT2D eigenvalue weighted by molar-refractivity contribution is -0.144. The fourth-order valence-corrected chi connectivity index (χ4v) is 3.86. The second-order valence-electron chi connectivity index (χ2n) is 4.64. The minimum absolute atomic E-state index is 0.269. The molecule has 0 aliphatic carbocycles. The molecule has 6 heteroatoms. The zero-order valence-corrected chi connectivity index (χ0v) is 14.1. The Balaban J connectivity index is 4.57. The standard InChI is InChI=1S/C14H29O5P/c1-5-8-9-10-11-12-14(19-13(4)15)20(16,17-6-2)18-7-3/h14H,5-12H2,1-4H3/t14-/m0/s1. The minimum Gasteiger partial charge on any atom is -0.450 e. The van der Waals surface area contributed by atoms with Gasteiger partial charge in [-0.2, -0.15) is 0 Å². The van der Waals surface area contributed by atoms with Gasteiger partial charge in [-0.05, 0) is 26.7 Å². The summed E-state index contributed by atoms with van der Waals surface area (Å²) in [4.78, 5) is 11.2. The minimum atomic E-state index is -3.38. The molecule has 0 unspecified atom stereocenters. The number of hydrogen-bond donors (Lipinski definition) is 0. The molecule has 1 atom stereocenters. The average Bonchev–Trinajstić information content (AvgIpc) is 2.37. The van der Waals surface area contributed by atoms with Crippen LogP contribution < -0.4 is 0 Å². The fourth-order valence-electron chi connectivity index (χ4n) is 1.96. The summed E-state index contributed by atoms with van der Waals surface area (Å²) in [5.41, 5.74) is 0. The number of unbranched alkanes of at least 4 members (excludes halogenated alkanes) is 4. The summed E-state index contributed by atoms with van der Waals surface area (Å²) in [5.74, 6) is -1.25. The van der Waals surface area contributed by atoms with Gasteiger partial charge in [0, 0.05) is 6.92 Å². The van der Waals surface area contributed by atoms with E-state index in [0.29, 0.717) is 6.42 Å². The van der Waals surface area contributed by atoms with Gasteiger partial charge in [-0.25, -0.2) is 0 Å². The van der Waals surface area contributed by atoms with Gasteiger partial charge in [0.1, 0.15) is 0 Å². The summed E-state index contributed by atoms with van der Waals surface area (Å²) in [6.45, 7) is 7.50. The predicted octanol–water partition coefficient (Wildman–Crippen LogP) is 4.50. The summed E-state index contributed by atoms with van der Waals surface area (Å²) in [6, 6.07) is 0. The number of carbonyl (C=O) groups is 1. The van der Waals surface area contributed by atoms with Crippen molar-refractivity contribution in [2.45, 2.75) is 72.1 Å². The number of esters is 1. The largest absolute Gasteiger partial charge is 0.450 e. The molecule has 0 spiro atoms. The molecule has 0 aromatic rings. The Bertz CT molecular complexity index is 296. The summed E-state index contributed by atoms with van der Waals surface area (Å²) in [6.07, 6.45) is 5.89. The van der Waals surface area contributed by atoms with E-state index in [1.165, 1.54) is 19.8 Å². The predicted molar refractivity (Wildman–Crippen MR) is 79.8 cm³/mol. The molecule has 0 aliphatic heterocycles. The van der Waals surface area contributed by atoms with E-state index in [9.17, 15) is 9.36 Å². The third kappa shape index (κ3) is 8.03. The topological polar surface area (TPSA) is 61.8 Å². The SMILES string of the molecule is CCCCCCC[C@@H](OC(C)=O)P(=O)(OCC)OCC. The maximum atomic E-state index is 12.6. The molecule has 0 saturated heterocycles. The quantitative estimate of drug-likeness (QED) is 0.302. The van der Waals surface area contributed by atoms with Crippen molar-refractivity contribution in [1.29, 1.82) is 0 Å². The monoisotopic (exact) mass is 308 g/mol. The van der Waals surface area contributed by atoms with E-state index in [2.05, 4.69) is 6.92 Å². The van der Waals surface area contributed by atoms with Gasteiger partial charge in [-0.3, -0.25) is 9.36 Å². The van der Waals surface area contributed by atoms with Crippen molar-refractivity contribution < 1.29 is 23.1 Å². The molecule has 0 N–H and O–H groups in total. The molecule has 0 heterocycles. The molecule has 0 bridgehead atoms. The van der Waals surface area contributed by atoms with Crippen LogP contribution in [-0.4, -0.2) is 25.0 Å². The van der Waals surface area contributed by atoms with Crippen LogP contribution in [0.2, 0.25) is 0 Å². The van der Waals surface area contributed by atoms with E-state index in [1.807, 2.05) is 0 Å². The average molecular weight is 308 g/mol. The van der Waals surface area contributed by atoms with Crippen molar-refractivity contribution in [1.82, 2.24) is 0 Å². The zero-order chi connectivity index (χ0) is 15.4. The number of hydrogen-bond acceptors (Lipinski definition) is 5. The van der Waals surface area contributed by atoms with Crippen LogP contribution in [0.25, 0.3) is 0 Å². The Morgan fingerprint density at radius 2 is 1.55 bits per heavy atom. The van der Waals surface area contributed by atoms with E-state index in [1.54, 1.807) is 13.8 Å². The first-order chi connectivity index (χ1) is 9.50. The van der Waals surface area contributed by atoms with E-state index < -0.39 is 19.4 Å². The summed E-state index contributed by atoms with van der Waals surface area (Å²) >= 11 is 0. The van der Waals surface area contributed by atoms with Crippen molar-refractivity contribution in [3.8, 4) is 0 Å². The number of ether oxygens (including phenoxy) is 1. The first kappa shape index (κ1) is 19.6. The van der Waals surface area contributed by atoms with Gasteiger partial charge in [-0.1, -0.05) is 32.6 Å². The van der Waals surface area contributed by atoms with Crippen molar-refractivity contribution in [3.63, 3.8) is 0 Å². The van der Waals surface area contributed by atoms with Crippen molar-refractivity contribution >= 4 is 13.6 Å². The third-order valence-corrected chi connectivity index (χ3v) is 5.13. The molecule has 120 valence electrons. The maximum Gasteiger partial charge on any atom is 0.370 e. The van der Waals surface area contributed by atoms with Crippen LogP contribution in [0.1, 0.15) is 66.2 Å². The normalized spacial score (nSPS) is 13.2. The summed E-state index contributed by atoms with van der Waals surface area (Å²) in [7, 11) is -3.38. The van der Waals surface area contributed by atoms with E-state index in [-0.39, 0.29) is 13.2 Å². The Morgan fingerprint density at radius 3 is 2.00 bits per heavy atom. The Morgan fingerprint density at radius 1 is 1.00 bits per heavy atom. The van der Waals surface area contributed by atoms with Gasteiger partial charge in [0.05, 0.1) is 13.2 Å². The van der Waals surface area contributed by atoms with Gasteiger partial charge in [0.2, 0.25) is 5.85 Å². The summed E-state index contributed by atoms with van der Waals surface area (Å²) < 4.78 is 28.4. The first-order valence-corrected chi connectivity index (χ1v) is 9.17. The highest BCUT2D eigenvalue weighted by Crippen LogP contribution is 2.55. The third-order valence-electron chi connectivity index (χ3n) is 2.83. The first-order valence-electron chi connectivity index (χ1n) is 7.56. The molecule has 0 saturated carbocycles. The van der Waals surface area contributed by atoms with Gasteiger partial charge in [0.15, 0.2) is 0 Å². The van der Waals surface area contributed by atoms with E-state index in [0.717, 1.165) is 19.3 Å². The Labute approximate surface area is 122 Å². The molecule has 0 aromatic heterocycles. The molecular weight excluding hydrogens is 279 g/mol. The Hall–Kier alpha value is -0.380. The molecule has 20 heavy (non-hydrogen) atoms. The second-order valence-corrected chi connectivity index (χ2v) is 6.81. The molecular formula is C14H29O5P. The molecule has 0 fully saturated rings. The van der Waals surface area contributed by atoms with Crippen LogP contribution in [0.4, 0.5) is 0 Å². The van der Waals surface area contributed by atoms with Crippen LogP contribution in [0.5, 0.6) is 0 Å². The number of carbonyl (C=O) groups excluding carboxylic acids is 1. The highest BCUT2D eigenvalue weighted by molar-refractivity contribution is 7.54. The van der Waals surface area contributed by atoms with Gasteiger partial charge >= 0.3 is 13.6 Å². The zero-order valence-electron chi connectivity index (χ0n) is 13.2. The maximum absolute atomic E-state index is 12.6. The van der Waals surface area contributed by atoms with Gasteiger partial charge < -0.3 is 13.8 Å². The molecule has 5 nitrogen and oxygen atoms in total. The van der Waals surface area contributed by atoms with E-state index in [4.69, 9.17) is 13.8 Å². The second kappa shape index (κ2) is 11.3. The molecule has 0 aromatic carbocycles. The van der Waals surface area contributed by atoms with Crippen LogP contribution in [0, 0.1) is 0 Å². The smallest absolute Gasteiger partial charge is 0.370 e. The van der Waals surface area contributed by atoms with Gasteiger partial charge in [0.25, 0.3) is 0 Å². The molecule has 0 aliphatic rings. The molecule has 0 amide bonds. The van der Waals surface area contributed by atoms with Crippen LogP contribution in [0.15, 0.2) is 0 Å². The van der Waals surface area contributed by atoms with E-state index >= 15 is 0 Å².